The first kappa shape index (κ1) is 19.2. The number of aliphatic hydroxyl groups is 4. The number of hydrogen-bond donors (Lipinski definition) is 4. The van der Waals surface area contributed by atoms with E-state index < -0.39 is 34.9 Å². The number of fused-ring (bicyclic) bond motifs is 5. The second-order valence-corrected chi connectivity index (χ2v) is 9.45. The lowest BCUT2D eigenvalue weighted by molar-refractivity contribution is -0.186. The first-order chi connectivity index (χ1) is 12.7. The molecule has 0 aromatic heterocycles. The monoisotopic (exact) mass is 378 g/mol. The average molecular weight is 378 g/mol. The quantitative estimate of drug-likeness (QED) is 0.576. The van der Waals surface area contributed by atoms with E-state index in [9.17, 15) is 30.0 Å². The molecule has 0 radical (unpaired) electrons. The first-order valence-electron chi connectivity index (χ1n) is 10.1. The highest BCUT2D eigenvalue weighted by Gasteiger charge is 2.68. The highest BCUT2D eigenvalue weighted by Crippen LogP contribution is 2.67. The number of carbonyl (C=O) groups excluding carboxylic acids is 2. The molecule has 0 bridgehead atoms. The number of aliphatic hydroxyl groups excluding tert-OH is 3. The Hall–Kier alpha value is -1.08. The van der Waals surface area contributed by atoms with Crippen LogP contribution in [0.3, 0.4) is 0 Å². The second-order valence-electron chi connectivity index (χ2n) is 9.45. The summed E-state index contributed by atoms with van der Waals surface area (Å²) in [4.78, 5) is 24.3. The maximum atomic E-state index is 12.4. The molecule has 7 atom stereocenters. The van der Waals surface area contributed by atoms with Crippen LogP contribution in [0.15, 0.2) is 11.6 Å². The van der Waals surface area contributed by atoms with Crippen molar-refractivity contribution in [2.45, 2.75) is 63.6 Å². The van der Waals surface area contributed by atoms with Gasteiger partial charge in [0.05, 0.1) is 12.7 Å². The van der Waals surface area contributed by atoms with E-state index >= 15 is 0 Å². The molecule has 4 aliphatic carbocycles. The van der Waals surface area contributed by atoms with Crippen molar-refractivity contribution in [1.82, 2.24) is 0 Å². The summed E-state index contributed by atoms with van der Waals surface area (Å²) in [6.45, 7) is 1.09. The van der Waals surface area contributed by atoms with Crippen molar-refractivity contribution >= 4 is 11.6 Å². The zero-order valence-electron chi connectivity index (χ0n) is 15.9. The number of hydrogen-bond acceptors (Lipinski definition) is 6. The Balaban J connectivity index is 1.76. The van der Waals surface area contributed by atoms with Crippen LogP contribution < -0.4 is 0 Å². The molecular formula is C21H30O6. The van der Waals surface area contributed by atoms with Crippen LogP contribution in [0.25, 0.3) is 0 Å². The number of carbonyl (C=O) groups is 2. The molecule has 150 valence electrons. The Kier molecular flexibility index (Phi) is 4.43. The summed E-state index contributed by atoms with van der Waals surface area (Å²) in [6.07, 6.45) is 4.58. The third-order valence-electron chi connectivity index (χ3n) is 8.67. The fourth-order valence-corrected chi connectivity index (χ4v) is 7.35. The van der Waals surface area contributed by atoms with Gasteiger partial charge in [0.1, 0.15) is 12.2 Å². The van der Waals surface area contributed by atoms with Gasteiger partial charge in [-0.3, -0.25) is 9.59 Å². The molecule has 0 aromatic carbocycles. The Morgan fingerprint density at radius 1 is 1.22 bits per heavy atom. The molecule has 0 amide bonds. The highest BCUT2D eigenvalue weighted by atomic mass is 16.3. The minimum Gasteiger partial charge on any atom is -0.395 e. The average Bonchev–Trinajstić information content (AvgIpc) is 2.92. The molecular weight excluding hydrogens is 348 g/mol. The number of rotatable bonds is 3. The first-order valence-corrected chi connectivity index (χ1v) is 10.1. The lowest BCUT2D eigenvalue weighted by atomic mass is 9.45. The Morgan fingerprint density at radius 3 is 2.63 bits per heavy atom. The molecule has 0 aliphatic heterocycles. The maximum Gasteiger partial charge on any atom is 0.190 e. The molecule has 0 spiro atoms. The normalized spacial score (nSPS) is 49.1. The third-order valence-corrected chi connectivity index (χ3v) is 8.67. The van der Waals surface area contributed by atoms with Crippen molar-refractivity contribution in [2.24, 2.45) is 28.6 Å². The summed E-state index contributed by atoms with van der Waals surface area (Å²) in [7, 11) is 0. The van der Waals surface area contributed by atoms with Gasteiger partial charge in [0, 0.05) is 17.3 Å². The predicted molar refractivity (Wildman–Crippen MR) is 96.6 cm³/mol. The fourth-order valence-electron chi connectivity index (χ4n) is 7.35. The molecule has 4 N–H and O–H groups in total. The zero-order chi connectivity index (χ0) is 19.6. The molecule has 6 nitrogen and oxygen atoms in total. The van der Waals surface area contributed by atoms with Gasteiger partial charge < -0.3 is 20.4 Å². The van der Waals surface area contributed by atoms with E-state index in [2.05, 4.69) is 0 Å². The van der Waals surface area contributed by atoms with Crippen LogP contribution in [0, 0.1) is 28.6 Å². The van der Waals surface area contributed by atoms with Gasteiger partial charge in [-0.15, -0.1) is 0 Å². The van der Waals surface area contributed by atoms with E-state index in [0.29, 0.717) is 32.1 Å². The van der Waals surface area contributed by atoms with Gasteiger partial charge in [0.15, 0.2) is 11.6 Å². The second kappa shape index (κ2) is 6.21. The molecule has 0 unspecified atom stereocenters. The van der Waals surface area contributed by atoms with Crippen LogP contribution >= 0.6 is 0 Å². The molecule has 3 saturated carbocycles. The van der Waals surface area contributed by atoms with Crippen molar-refractivity contribution in [1.29, 1.82) is 0 Å². The van der Waals surface area contributed by atoms with Crippen molar-refractivity contribution in [2.75, 3.05) is 13.2 Å². The van der Waals surface area contributed by atoms with Gasteiger partial charge >= 0.3 is 0 Å². The van der Waals surface area contributed by atoms with Gasteiger partial charge in [-0.1, -0.05) is 12.5 Å². The molecule has 0 saturated heterocycles. The largest absolute Gasteiger partial charge is 0.395 e. The molecule has 0 aromatic rings. The van der Waals surface area contributed by atoms with Gasteiger partial charge in [-0.25, -0.2) is 0 Å². The predicted octanol–water partition coefficient (Wildman–Crippen LogP) is 0.754. The van der Waals surface area contributed by atoms with Crippen LogP contribution in [0.2, 0.25) is 0 Å². The standard InChI is InChI=1S/C21H30O6/c1-19-9-16(25)18-14(15(19)5-7-21(19,27)17(26)10-22)3-2-12-8-13(24)4-6-20(12,18)11-23/h8,14-16,18,22-23,25,27H,2-7,9-11H2,1H3/t14-,15-,16-,18+,19-,20+,21-/m0/s1. The summed E-state index contributed by atoms with van der Waals surface area (Å²) >= 11 is 0. The topological polar surface area (TPSA) is 115 Å². The van der Waals surface area contributed by atoms with Crippen LogP contribution in [0.4, 0.5) is 0 Å². The number of ketones is 2. The number of Topliss-reactive ketones (excluding diaryl/α,β-unsaturated/α-hetero) is 1. The van der Waals surface area contributed by atoms with Crippen LogP contribution in [-0.4, -0.2) is 56.9 Å². The van der Waals surface area contributed by atoms with Crippen molar-refractivity contribution in [3.8, 4) is 0 Å². The van der Waals surface area contributed by atoms with E-state index in [4.69, 9.17) is 0 Å². The molecule has 0 heterocycles. The summed E-state index contributed by atoms with van der Waals surface area (Å²) in [5, 5.41) is 42.1. The van der Waals surface area contributed by atoms with Gasteiger partial charge in [0.25, 0.3) is 0 Å². The molecule has 27 heavy (non-hydrogen) atoms. The van der Waals surface area contributed by atoms with Gasteiger partial charge in [0.2, 0.25) is 0 Å². The highest BCUT2D eigenvalue weighted by molar-refractivity contribution is 5.92. The fraction of sp³-hybridized carbons (Fsp3) is 0.810. The van der Waals surface area contributed by atoms with Crippen molar-refractivity contribution in [3.63, 3.8) is 0 Å². The molecule has 3 fully saturated rings. The molecule has 6 heteroatoms. The molecule has 4 rings (SSSR count). The van der Waals surface area contributed by atoms with E-state index in [1.54, 1.807) is 6.08 Å². The smallest absolute Gasteiger partial charge is 0.190 e. The van der Waals surface area contributed by atoms with E-state index in [0.717, 1.165) is 12.0 Å². The van der Waals surface area contributed by atoms with Crippen LogP contribution in [-0.2, 0) is 9.59 Å². The summed E-state index contributed by atoms with van der Waals surface area (Å²) < 4.78 is 0. The van der Waals surface area contributed by atoms with Gasteiger partial charge in [-0.05, 0) is 62.4 Å². The van der Waals surface area contributed by atoms with Crippen LogP contribution in [0.1, 0.15) is 51.9 Å². The van der Waals surface area contributed by atoms with Crippen LogP contribution in [0.5, 0.6) is 0 Å². The Bertz CT molecular complexity index is 701. The van der Waals surface area contributed by atoms with Crippen molar-refractivity contribution in [3.05, 3.63) is 11.6 Å². The lowest BCUT2D eigenvalue weighted by Gasteiger charge is -2.60. The van der Waals surface area contributed by atoms with Crippen molar-refractivity contribution < 1.29 is 30.0 Å². The summed E-state index contributed by atoms with van der Waals surface area (Å²) in [5.74, 6) is -0.507. The zero-order valence-corrected chi connectivity index (χ0v) is 15.9. The van der Waals surface area contributed by atoms with Gasteiger partial charge in [-0.2, -0.15) is 0 Å². The minimum atomic E-state index is -1.61. The van der Waals surface area contributed by atoms with E-state index in [1.807, 2.05) is 6.92 Å². The summed E-state index contributed by atoms with van der Waals surface area (Å²) in [5.41, 5.74) is -2.00. The summed E-state index contributed by atoms with van der Waals surface area (Å²) in [6, 6.07) is 0. The Morgan fingerprint density at radius 2 is 1.96 bits per heavy atom. The SMILES string of the molecule is C[C@]12C[C@H](O)[C@H]3[C@@H](CCC4=CC(=O)CC[C@@]43CO)[C@@H]1CC[C@]2(O)C(=O)CO. The van der Waals surface area contributed by atoms with E-state index in [1.165, 1.54) is 0 Å². The maximum absolute atomic E-state index is 12.4. The molecule has 4 aliphatic rings. The lowest BCUT2D eigenvalue weighted by Crippen LogP contribution is -2.63. The van der Waals surface area contributed by atoms with E-state index in [-0.39, 0.29) is 36.6 Å². The third kappa shape index (κ3) is 2.33. The minimum absolute atomic E-state index is 0.0500. The Labute approximate surface area is 159 Å².